The van der Waals surface area contributed by atoms with Crippen LogP contribution in [-0.2, 0) is 11.2 Å². The molecule has 1 aromatic heterocycles. The van der Waals surface area contributed by atoms with Crippen LogP contribution in [0.15, 0.2) is 34.9 Å². The number of amides is 1. The second-order valence-electron chi connectivity index (χ2n) is 6.12. The standard InChI is InChI=1S/C18H23FN4O2/c19-15-4-2-14(3-5-15)18-22-16(13-25-18)12-17(24)21-6-1-9-23-10-7-20-8-11-23/h2-5,13,20H,1,6-12H2,(H,21,24). The summed E-state index contributed by atoms with van der Waals surface area (Å²) in [4.78, 5) is 18.7. The minimum Gasteiger partial charge on any atom is -0.444 e. The van der Waals surface area contributed by atoms with Gasteiger partial charge in [0.05, 0.1) is 12.1 Å². The molecule has 3 rings (SSSR count). The maximum absolute atomic E-state index is 12.9. The van der Waals surface area contributed by atoms with E-state index in [2.05, 4.69) is 20.5 Å². The number of nitrogens with zero attached hydrogens (tertiary/aromatic N) is 2. The van der Waals surface area contributed by atoms with E-state index in [0.717, 1.165) is 39.1 Å². The Morgan fingerprint density at radius 1 is 1.28 bits per heavy atom. The molecular weight excluding hydrogens is 323 g/mol. The second kappa shape index (κ2) is 8.73. The van der Waals surface area contributed by atoms with E-state index in [4.69, 9.17) is 4.42 Å². The molecule has 0 radical (unpaired) electrons. The Bertz CT molecular complexity index is 681. The normalized spacial score (nSPS) is 15.2. The number of aromatic nitrogens is 1. The largest absolute Gasteiger partial charge is 0.444 e. The van der Waals surface area contributed by atoms with Crippen molar-refractivity contribution in [2.75, 3.05) is 39.3 Å². The third kappa shape index (κ3) is 5.37. The van der Waals surface area contributed by atoms with Gasteiger partial charge in [-0.2, -0.15) is 0 Å². The van der Waals surface area contributed by atoms with Crippen LogP contribution in [0.3, 0.4) is 0 Å². The molecule has 1 aromatic carbocycles. The summed E-state index contributed by atoms with van der Waals surface area (Å²) in [6.07, 6.45) is 2.59. The van der Waals surface area contributed by atoms with E-state index in [9.17, 15) is 9.18 Å². The highest BCUT2D eigenvalue weighted by Crippen LogP contribution is 2.19. The van der Waals surface area contributed by atoms with Crippen LogP contribution in [0.25, 0.3) is 11.5 Å². The lowest BCUT2D eigenvalue weighted by molar-refractivity contribution is -0.120. The lowest BCUT2D eigenvalue weighted by Gasteiger charge is -2.27. The maximum Gasteiger partial charge on any atom is 0.226 e. The van der Waals surface area contributed by atoms with E-state index < -0.39 is 0 Å². The fourth-order valence-electron chi connectivity index (χ4n) is 2.81. The second-order valence-corrected chi connectivity index (χ2v) is 6.12. The molecule has 2 N–H and O–H groups in total. The number of piperazine rings is 1. The topological polar surface area (TPSA) is 70.4 Å². The Kier molecular flexibility index (Phi) is 6.14. The summed E-state index contributed by atoms with van der Waals surface area (Å²) in [5, 5.41) is 6.24. The van der Waals surface area contributed by atoms with Crippen molar-refractivity contribution in [2.24, 2.45) is 0 Å². The van der Waals surface area contributed by atoms with Crippen LogP contribution in [0.1, 0.15) is 12.1 Å². The van der Waals surface area contributed by atoms with Crippen molar-refractivity contribution < 1.29 is 13.6 Å². The molecule has 1 saturated heterocycles. The molecule has 1 amide bonds. The van der Waals surface area contributed by atoms with Gasteiger partial charge in [-0.1, -0.05) is 0 Å². The first-order valence-corrected chi connectivity index (χ1v) is 8.61. The van der Waals surface area contributed by atoms with Crippen LogP contribution >= 0.6 is 0 Å². The van der Waals surface area contributed by atoms with Crippen molar-refractivity contribution in [3.63, 3.8) is 0 Å². The highest BCUT2D eigenvalue weighted by atomic mass is 19.1. The van der Waals surface area contributed by atoms with Crippen LogP contribution in [0, 0.1) is 5.82 Å². The summed E-state index contributed by atoms with van der Waals surface area (Å²) in [5.74, 6) is 0.0106. The first-order valence-electron chi connectivity index (χ1n) is 8.61. The first kappa shape index (κ1) is 17.6. The monoisotopic (exact) mass is 346 g/mol. The number of nitrogens with one attached hydrogen (secondary N) is 2. The van der Waals surface area contributed by atoms with E-state index in [0.29, 0.717) is 23.7 Å². The molecule has 7 heteroatoms. The molecule has 6 nitrogen and oxygen atoms in total. The molecule has 0 unspecified atom stereocenters. The minimum absolute atomic E-state index is 0.0701. The van der Waals surface area contributed by atoms with Crippen LogP contribution in [0.5, 0.6) is 0 Å². The van der Waals surface area contributed by atoms with Crippen molar-refractivity contribution in [3.05, 3.63) is 42.0 Å². The predicted octanol–water partition coefficient (Wildman–Crippen LogP) is 1.43. The highest BCUT2D eigenvalue weighted by molar-refractivity contribution is 5.78. The summed E-state index contributed by atoms with van der Waals surface area (Å²) in [6, 6.07) is 5.90. The van der Waals surface area contributed by atoms with Gasteiger partial charge in [-0.3, -0.25) is 4.79 Å². The van der Waals surface area contributed by atoms with Gasteiger partial charge >= 0.3 is 0 Å². The van der Waals surface area contributed by atoms with Crippen LogP contribution in [-0.4, -0.2) is 55.1 Å². The Morgan fingerprint density at radius 3 is 2.80 bits per heavy atom. The minimum atomic E-state index is -0.310. The van der Waals surface area contributed by atoms with E-state index in [1.807, 2.05) is 0 Å². The van der Waals surface area contributed by atoms with Gasteiger partial charge < -0.3 is 20.0 Å². The van der Waals surface area contributed by atoms with Crippen molar-refractivity contribution >= 4 is 5.91 Å². The summed E-state index contributed by atoms with van der Waals surface area (Å²) >= 11 is 0. The number of oxazole rings is 1. The molecule has 0 aliphatic carbocycles. The number of carbonyl (C=O) groups is 1. The van der Waals surface area contributed by atoms with Crippen molar-refractivity contribution in [1.29, 1.82) is 0 Å². The van der Waals surface area contributed by atoms with Crippen LogP contribution < -0.4 is 10.6 Å². The Hall–Kier alpha value is -2.25. The fourth-order valence-corrected chi connectivity index (χ4v) is 2.81. The van der Waals surface area contributed by atoms with E-state index >= 15 is 0 Å². The maximum atomic E-state index is 12.9. The molecule has 1 aliphatic heterocycles. The zero-order chi connectivity index (χ0) is 17.5. The average molecular weight is 346 g/mol. The number of hydrogen-bond acceptors (Lipinski definition) is 5. The van der Waals surface area contributed by atoms with Gasteiger partial charge in [0.1, 0.15) is 12.1 Å². The van der Waals surface area contributed by atoms with E-state index in [-0.39, 0.29) is 18.1 Å². The summed E-state index contributed by atoms with van der Waals surface area (Å²) < 4.78 is 18.3. The number of benzene rings is 1. The molecule has 25 heavy (non-hydrogen) atoms. The number of halogens is 1. The molecular formula is C18H23FN4O2. The summed E-state index contributed by atoms with van der Waals surface area (Å²) in [7, 11) is 0. The van der Waals surface area contributed by atoms with Gasteiger partial charge in [-0.15, -0.1) is 0 Å². The number of carbonyl (C=O) groups excluding carboxylic acids is 1. The predicted molar refractivity (Wildman–Crippen MR) is 92.5 cm³/mol. The van der Waals surface area contributed by atoms with Gasteiger partial charge in [-0.25, -0.2) is 9.37 Å². The molecule has 134 valence electrons. The average Bonchev–Trinajstić information content (AvgIpc) is 3.09. The smallest absolute Gasteiger partial charge is 0.226 e. The fraction of sp³-hybridized carbons (Fsp3) is 0.444. The van der Waals surface area contributed by atoms with Gasteiger partial charge in [0.15, 0.2) is 0 Å². The third-order valence-corrected chi connectivity index (χ3v) is 4.17. The van der Waals surface area contributed by atoms with Gasteiger partial charge in [0, 0.05) is 38.3 Å². The molecule has 1 aliphatic rings. The Balaban J connectivity index is 1.40. The SMILES string of the molecule is O=C(Cc1coc(-c2ccc(F)cc2)n1)NCCCN1CCNCC1. The third-order valence-electron chi connectivity index (χ3n) is 4.17. The van der Waals surface area contributed by atoms with Crippen molar-refractivity contribution in [2.45, 2.75) is 12.8 Å². The molecule has 2 heterocycles. The summed E-state index contributed by atoms with van der Waals surface area (Å²) in [6.45, 7) is 5.87. The molecule has 0 saturated carbocycles. The zero-order valence-electron chi connectivity index (χ0n) is 14.1. The van der Waals surface area contributed by atoms with Crippen LogP contribution in [0.2, 0.25) is 0 Å². The quantitative estimate of drug-likeness (QED) is 0.743. The van der Waals surface area contributed by atoms with Crippen molar-refractivity contribution in [3.8, 4) is 11.5 Å². The van der Waals surface area contributed by atoms with E-state index in [1.165, 1.54) is 18.4 Å². The summed E-state index contributed by atoms with van der Waals surface area (Å²) in [5.41, 5.74) is 1.25. The molecule has 0 atom stereocenters. The highest BCUT2D eigenvalue weighted by Gasteiger charge is 2.11. The van der Waals surface area contributed by atoms with Gasteiger partial charge in [0.2, 0.25) is 11.8 Å². The number of hydrogen-bond donors (Lipinski definition) is 2. The first-order chi connectivity index (χ1) is 12.2. The molecule has 0 bridgehead atoms. The molecule has 0 spiro atoms. The van der Waals surface area contributed by atoms with Gasteiger partial charge in [-0.05, 0) is 37.2 Å². The molecule has 1 fully saturated rings. The van der Waals surface area contributed by atoms with E-state index in [1.54, 1.807) is 12.1 Å². The van der Waals surface area contributed by atoms with Crippen LogP contribution in [0.4, 0.5) is 4.39 Å². The van der Waals surface area contributed by atoms with Crippen molar-refractivity contribution in [1.82, 2.24) is 20.5 Å². The number of rotatable bonds is 7. The lowest BCUT2D eigenvalue weighted by atomic mass is 10.2. The molecule has 2 aromatic rings. The Labute approximate surface area is 146 Å². The van der Waals surface area contributed by atoms with Gasteiger partial charge in [0.25, 0.3) is 0 Å². The zero-order valence-corrected chi connectivity index (χ0v) is 14.1. The Morgan fingerprint density at radius 2 is 2.04 bits per heavy atom. The lowest BCUT2D eigenvalue weighted by Crippen LogP contribution is -2.44.